The summed E-state index contributed by atoms with van der Waals surface area (Å²) in [5.74, 6) is -1.02. The third-order valence-corrected chi connectivity index (χ3v) is 8.51. The van der Waals surface area contributed by atoms with Crippen LogP contribution < -0.4 is 20.1 Å². The lowest BCUT2D eigenvalue weighted by Crippen LogP contribution is -2.34. The molecule has 0 aromatic heterocycles. The Balaban J connectivity index is 1.01. The lowest BCUT2D eigenvalue weighted by atomic mass is 9.96. The predicted octanol–water partition coefficient (Wildman–Crippen LogP) is 5.83. The van der Waals surface area contributed by atoms with Crippen LogP contribution in [0.5, 0.6) is 11.5 Å². The second-order valence-corrected chi connectivity index (χ2v) is 11.8. The number of carbonyl (C=O) groups excluding carboxylic acids is 4. The van der Waals surface area contributed by atoms with Gasteiger partial charge < -0.3 is 34.3 Å². The van der Waals surface area contributed by atoms with Crippen molar-refractivity contribution in [1.29, 1.82) is 0 Å². The Morgan fingerprint density at radius 1 is 0.647 bits per heavy atom. The lowest BCUT2D eigenvalue weighted by Gasteiger charge is -2.15. The molecular formula is C40H36N2O9. The average molecular weight is 689 g/mol. The SMILES string of the molecule is COc1cc(/C=C/C(=O)O[C@@H]2CO[C@H]3[C@@H]2OC[C@@H]3C(=O)/C=C/c2ccc(NC(=O)c3ccccc3)c(OC)c2)ccc1NC(=O)c1ccccc1. The first kappa shape index (κ1) is 34.8. The maximum atomic E-state index is 13.2. The fraction of sp³-hybridized carbons (Fsp3) is 0.200. The topological polar surface area (TPSA) is 138 Å². The molecule has 4 aromatic rings. The zero-order chi connectivity index (χ0) is 35.7. The third-order valence-electron chi connectivity index (χ3n) is 8.51. The van der Waals surface area contributed by atoms with Crippen molar-refractivity contribution in [2.45, 2.75) is 18.3 Å². The number of esters is 1. The molecule has 0 spiro atoms. The number of amides is 2. The molecule has 0 aliphatic carbocycles. The smallest absolute Gasteiger partial charge is 0.331 e. The van der Waals surface area contributed by atoms with Gasteiger partial charge in [-0.3, -0.25) is 14.4 Å². The van der Waals surface area contributed by atoms with Gasteiger partial charge in [0, 0.05) is 17.2 Å². The van der Waals surface area contributed by atoms with E-state index in [4.69, 9.17) is 23.7 Å². The van der Waals surface area contributed by atoms with Crippen LogP contribution in [0.15, 0.2) is 109 Å². The third kappa shape index (κ3) is 8.41. The highest BCUT2D eigenvalue weighted by Crippen LogP contribution is 2.34. The fourth-order valence-corrected chi connectivity index (χ4v) is 5.86. The van der Waals surface area contributed by atoms with Gasteiger partial charge >= 0.3 is 5.97 Å². The van der Waals surface area contributed by atoms with Crippen LogP contribution in [0, 0.1) is 5.92 Å². The molecule has 2 fully saturated rings. The summed E-state index contributed by atoms with van der Waals surface area (Å²) in [6.45, 7) is 0.225. The summed E-state index contributed by atoms with van der Waals surface area (Å²) in [5.41, 5.74) is 3.37. The number of rotatable bonds is 12. The zero-order valence-electron chi connectivity index (χ0n) is 27.9. The molecule has 11 heteroatoms. The van der Waals surface area contributed by atoms with E-state index in [1.807, 2.05) is 12.1 Å². The van der Waals surface area contributed by atoms with E-state index in [1.54, 1.807) is 97.1 Å². The molecule has 0 unspecified atom stereocenters. The minimum atomic E-state index is -0.679. The van der Waals surface area contributed by atoms with Crippen LogP contribution >= 0.6 is 0 Å². The predicted molar refractivity (Wildman–Crippen MR) is 191 cm³/mol. The first-order valence-electron chi connectivity index (χ1n) is 16.3. The molecule has 4 aromatic carbocycles. The maximum Gasteiger partial charge on any atom is 0.331 e. The molecule has 2 aliphatic heterocycles. The van der Waals surface area contributed by atoms with Crippen LogP contribution in [-0.2, 0) is 23.8 Å². The number of carbonyl (C=O) groups is 4. The Bertz CT molecular complexity index is 1960. The molecule has 2 amide bonds. The first-order chi connectivity index (χ1) is 24.8. The first-order valence-corrected chi connectivity index (χ1v) is 16.3. The molecule has 2 heterocycles. The van der Waals surface area contributed by atoms with Crippen molar-refractivity contribution in [3.63, 3.8) is 0 Å². The summed E-state index contributed by atoms with van der Waals surface area (Å²) >= 11 is 0. The molecule has 2 N–H and O–H groups in total. The van der Waals surface area contributed by atoms with Crippen molar-refractivity contribution in [3.8, 4) is 11.5 Å². The Labute approximate surface area is 294 Å². The summed E-state index contributed by atoms with van der Waals surface area (Å²) in [7, 11) is 2.99. The van der Waals surface area contributed by atoms with E-state index in [0.29, 0.717) is 45.1 Å². The Morgan fingerprint density at radius 2 is 1.16 bits per heavy atom. The number of allylic oxidation sites excluding steroid dienone is 1. The quantitative estimate of drug-likeness (QED) is 0.139. The highest BCUT2D eigenvalue weighted by atomic mass is 16.6. The maximum absolute atomic E-state index is 13.2. The molecule has 2 saturated heterocycles. The highest BCUT2D eigenvalue weighted by Gasteiger charge is 2.51. The van der Waals surface area contributed by atoms with Crippen molar-refractivity contribution in [3.05, 3.63) is 131 Å². The Kier molecular flexibility index (Phi) is 11.0. The van der Waals surface area contributed by atoms with E-state index < -0.39 is 30.2 Å². The van der Waals surface area contributed by atoms with Crippen LogP contribution in [0.25, 0.3) is 12.2 Å². The molecule has 2 aliphatic rings. The van der Waals surface area contributed by atoms with E-state index in [1.165, 1.54) is 26.4 Å². The van der Waals surface area contributed by atoms with Crippen molar-refractivity contribution < 1.29 is 42.9 Å². The van der Waals surface area contributed by atoms with Crippen molar-refractivity contribution in [2.24, 2.45) is 5.92 Å². The number of ketones is 1. The molecule has 260 valence electrons. The molecule has 0 saturated carbocycles. The van der Waals surface area contributed by atoms with Gasteiger partial charge in [0.15, 0.2) is 11.9 Å². The van der Waals surface area contributed by atoms with Gasteiger partial charge in [-0.15, -0.1) is 0 Å². The summed E-state index contributed by atoms with van der Waals surface area (Å²) < 4.78 is 28.3. The number of anilines is 2. The van der Waals surface area contributed by atoms with E-state index >= 15 is 0 Å². The van der Waals surface area contributed by atoms with Crippen LogP contribution in [-0.4, -0.2) is 69.3 Å². The summed E-state index contributed by atoms with van der Waals surface area (Å²) in [6, 6.07) is 28.0. The van der Waals surface area contributed by atoms with Crippen molar-refractivity contribution in [2.75, 3.05) is 38.1 Å². The Morgan fingerprint density at radius 3 is 1.69 bits per heavy atom. The fourth-order valence-electron chi connectivity index (χ4n) is 5.86. The second-order valence-electron chi connectivity index (χ2n) is 11.8. The number of nitrogens with one attached hydrogen (secondary N) is 2. The van der Waals surface area contributed by atoms with Gasteiger partial charge in [0.1, 0.15) is 17.6 Å². The van der Waals surface area contributed by atoms with E-state index in [9.17, 15) is 19.2 Å². The van der Waals surface area contributed by atoms with Gasteiger partial charge in [-0.25, -0.2) is 4.79 Å². The number of methoxy groups -OCH3 is 2. The summed E-state index contributed by atoms with van der Waals surface area (Å²) in [6.07, 6.45) is 4.18. The molecule has 11 nitrogen and oxygen atoms in total. The molecular weight excluding hydrogens is 652 g/mol. The molecule has 0 bridgehead atoms. The number of ether oxygens (including phenoxy) is 5. The minimum Gasteiger partial charge on any atom is -0.495 e. The van der Waals surface area contributed by atoms with Crippen LogP contribution in [0.1, 0.15) is 31.8 Å². The van der Waals surface area contributed by atoms with Gasteiger partial charge in [0.2, 0.25) is 0 Å². The van der Waals surface area contributed by atoms with Crippen LogP contribution in [0.3, 0.4) is 0 Å². The van der Waals surface area contributed by atoms with E-state index in [2.05, 4.69) is 10.6 Å². The number of fused-ring (bicyclic) bond motifs is 1. The van der Waals surface area contributed by atoms with Gasteiger partial charge in [-0.05, 0) is 71.8 Å². The van der Waals surface area contributed by atoms with Crippen molar-refractivity contribution in [1.82, 2.24) is 0 Å². The van der Waals surface area contributed by atoms with Crippen LogP contribution in [0.4, 0.5) is 11.4 Å². The van der Waals surface area contributed by atoms with Crippen molar-refractivity contribution >= 4 is 47.1 Å². The Hall–Kier alpha value is -6.04. The molecule has 6 rings (SSSR count). The van der Waals surface area contributed by atoms with Gasteiger partial charge in [0.25, 0.3) is 11.8 Å². The monoisotopic (exact) mass is 688 g/mol. The summed E-state index contributed by atoms with van der Waals surface area (Å²) in [5, 5.41) is 5.68. The van der Waals surface area contributed by atoms with Gasteiger partial charge in [-0.2, -0.15) is 0 Å². The standard InChI is InChI=1S/C40H36N2O9/c1-47-33-21-25(13-17-30(33)41-39(45)27-9-5-3-6-10-27)15-19-32(43)29-23-49-38-35(24-50-37(29)38)51-36(44)20-16-26-14-18-31(34(22-26)48-2)42-40(46)28-11-7-4-8-12-28/h3-22,29,35,37-38H,23-24H2,1-2H3,(H,41,45)(H,42,46)/b19-15+,20-16+/t29-,35-,37-,38-/m1/s1. The number of hydrogen-bond acceptors (Lipinski definition) is 9. The van der Waals surface area contributed by atoms with Crippen LogP contribution in [0.2, 0.25) is 0 Å². The number of hydrogen-bond donors (Lipinski definition) is 2. The van der Waals surface area contributed by atoms with Gasteiger partial charge in [0.05, 0.1) is 50.8 Å². The molecule has 0 radical (unpaired) electrons. The normalized spacial score (nSPS) is 19.4. The van der Waals surface area contributed by atoms with E-state index in [-0.39, 0.29) is 30.8 Å². The minimum absolute atomic E-state index is 0.0966. The molecule has 51 heavy (non-hydrogen) atoms. The second kappa shape index (κ2) is 16.1. The zero-order valence-corrected chi connectivity index (χ0v) is 27.9. The average Bonchev–Trinajstić information content (AvgIpc) is 3.77. The lowest BCUT2D eigenvalue weighted by molar-refractivity contribution is -0.147. The van der Waals surface area contributed by atoms with E-state index in [0.717, 1.165) is 0 Å². The highest BCUT2D eigenvalue weighted by molar-refractivity contribution is 6.06. The largest absolute Gasteiger partial charge is 0.495 e. The molecule has 4 atom stereocenters. The van der Waals surface area contributed by atoms with Gasteiger partial charge in [-0.1, -0.05) is 54.6 Å². The summed E-state index contributed by atoms with van der Waals surface area (Å²) in [4.78, 5) is 51.1. The number of benzene rings is 4.